The molecule has 1 heterocycles. The van der Waals surface area contributed by atoms with Crippen LogP contribution in [-0.4, -0.2) is 16.5 Å². The predicted octanol–water partition coefficient (Wildman–Crippen LogP) is 3.19. The number of anilines is 1. The van der Waals surface area contributed by atoms with Crippen LogP contribution in [0.3, 0.4) is 0 Å². The minimum atomic E-state index is 0.388. The van der Waals surface area contributed by atoms with Gasteiger partial charge in [0.25, 0.3) is 0 Å². The van der Waals surface area contributed by atoms with E-state index in [4.69, 9.17) is 18.0 Å². The summed E-state index contributed by atoms with van der Waals surface area (Å²) in [5.41, 5.74) is 7.54. The summed E-state index contributed by atoms with van der Waals surface area (Å²) in [6, 6.07) is 5.86. The number of nitrogens with one attached hydrogen (secondary N) is 1. The van der Waals surface area contributed by atoms with Crippen LogP contribution in [0.4, 0.5) is 5.69 Å². The second-order valence-corrected chi connectivity index (χ2v) is 5.90. The van der Waals surface area contributed by atoms with Crippen LogP contribution in [0.25, 0.3) is 0 Å². The van der Waals surface area contributed by atoms with Crippen molar-refractivity contribution in [2.45, 2.75) is 6.42 Å². The van der Waals surface area contributed by atoms with Crippen LogP contribution in [-0.2, 0) is 6.42 Å². The molecule has 0 aliphatic rings. The first kappa shape index (κ1) is 13.5. The van der Waals surface area contributed by atoms with Crippen molar-refractivity contribution in [3.05, 3.63) is 44.8 Å². The molecular formula is C12H12BrN3S2. The highest BCUT2D eigenvalue weighted by atomic mass is 79.9. The van der Waals surface area contributed by atoms with Gasteiger partial charge >= 0.3 is 0 Å². The lowest BCUT2D eigenvalue weighted by molar-refractivity contribution is 0.997. The van der Waals surface area contributed by atoms with Crippen molar-refractivity contribution in [2.24, 2.45) is 5.73 Å². The maximum atomic E-state index is 5.73. The number of hydrogen-bond donors (Lipinski definition) is 2. The molecule has 0 aliphatic heterocycles. The molecule has 6 heteroatoms. The Morgan fingerprint density at radius 2 is 2.33 bits per heavy atom. The summed E-state index contributed by atoms with van der Waals surface area (Å²) in [6.45, 7) is 0.805. The molecule has 0 radical (unpaired) electrons. The highest BCUT2D eigenvalue weighted by Gasteiger charge is 2.08. The first-order valence-electron chi connectivity index (χ1n) is 5.39. The Kier molecular flexibility index (Phi) is 4.68. The molecule has 0 atom stereocenters. The Bertz CT molecular complexity index is 540. The molecule has 3 N–H and O–H groups in total. The van der Waals surface area contributed by atoms with Crippen molar-refractivity contribution in [1.82, 2.24) is 4.98 Å². The summed E-state index contributed by atoms with van der Waals surface area (Å²) in [6.07, 6.45) is 2.71. The van der Waals surface area contributed by atoms with Crippen LogP contribution >= 0.6 is 39.5 Å². The highest BCUT2D eigenvalue weighted by Crippen LogP contribution is 2.24. The van der Waals surface area contributed by atoms with Gasteiger partial charge in [0.2, 0.25) is 0 Å². The van der Waals surface area contributed by atoms with Crippen LogP contribution in [0.5, 0.6) is 0 Å². The topological polar surface area (TPSA) is 50.9 Å². The van der Waals surface area contributed by atoms with Crippen LogP contribution < -0.4 is 11.1 Å². The number of nitrogens with zero attached hydrogens (tertiary/aromatic N) is 1. The van der Waals surface area contributed by atoms with Gasteiger partial charge < -0.3 is 11.1 Å². The minimum absolute atomic E-state index is 0.388. The smallest absolute Gasteiger partial charge is 0.107 e. The Morgan fingerprint density at radius 3 is 3.00 bits per heavy atom. The number of nitrogens with two attached hydrogens (primary N) is 1. The van der Waals surface area contributed by atoms with Gasteiger partial charge in [-0.25, -0.2) is 4.98 Å². The molecule has 0 unspecified atom stereocenters. The first-order valence-corrected chi connectivity index (χ1v) is 7.47. The normalized spacial score (nSPS) is 10.3. The fraction of sp³-hybridized carbons (Fsp3) is 0.167. The second kappa shape index (κ2) is 6.26. The van der Waals surface area contributed by atoms with Crippen LogP contribution in [0.15, 0.2) is 34.2 Å². The van der Waals surface area contributed by atoms with Gasteiger partial charge in [-0.3, -0.25) is 0 Å². The van der Waals surface area contributed by atoms with Gasteiger partial charge in [0.1, 0.15) is 4.99 Å². The number of hydrogen-bond acceptors (Lipinski definition) is 4. The average molecular weight is 342 g/mol. The van der Waals surface area contributed by atoms with Crippen molar-refractivity contribution in [1.29, 1.82) is 0 Å². The van der Waals surface area contributed by atoms with Gasteiger partial charge in [0.05, 0.1) is 5.01 Å². The fourth-order valence-corrected chi connectivity index (χ4v) is 3.15. The Morgan fingerprint density at radius 1 is 1.50 bits per heavy atom. The Hall–Kier alpha value is -0.980. The van der Waals surface area contributed by atoms with E-state index in [2.05, 4.69) is 26.2 Å². The van der Waals surface area contributed by atoms with Crippen molar-refractivity contribution in [2.75, 3.05) is 11.9 Å². The molecule has 0 aliphatic carbocycles. The summed E-state index contributed by atoms with van der Waals surface area (Å²) in [5, 5.41) is 6.44. The molecule has 1 aromatic carbocycles. The van der Waals surface area contributed by atoms with E-state index in [0.29, 0.717) is 4.99 Å². The Labute approximate surface area is 124 Å². The molecule has 2 rings (SSSR count). The van der Waals surface area contributed by atoms with E-state index in [9.17, 15) is 0 Å². The van der Waals surface area contributed by atoms with E-state index in [1.165, 1.54) is 0 Å². The van der Waals surface area contributed by atoms with Gasteiger partial charge in [-0.05, 0) is 28.1 Å². The van der Waals surface area contributed by atoms with Crippen molar-refractivity contribution in [3.63, 3.8) is 0 Å². The minimum Gasteiger partial charge on any atom is -0.389 e. The SMILES string of the molecule is NC(=S)c1c(Br)cccc1NCCc1nccs1. The van der Waals surface area contributed by atoms with E-state index in [1.807, 2.05) is 29.8 Å². The summed E-state index contributed by atoms with van der Waals surface area (Å²) >= 11 is 10.2. The van der Waals surface area contributed by atoms with Crippen molar-refractivity contribution < 1.29 is 0 Å². The zero-order valence-corrected chi connectivity index (χ0v) is 12.7. The molecule has 1 aromatic heterocycles. The number of halogens is 1. The van der Waals surface area contributed by atoms with E-state index in [1.54, 1.807) is 11.3 Å². The number of thiazole rings is 1. The third-order valence-corrected chi connectivity index (χ3v) is 4.10. The summed E-state index contributed by atoms with van der Waals surface area (Å²) < 4.78 is 0.911. The van der Waals surface area contributed by atoms with E-state index < -0.39 is 0 Å². The molecule has 18 heavy (non-hydrogen) atoms. The summed E-state index contributed by atoms with van der Waals surface area (Å²) in [5.74, 6) is 0. The van der Waals surface area contributed by atoms with E-state index in [-0.39, 0.29) is 0 Å². The third kappa shape index (κ3) is 3.28. The van der Waals surface area contributed by atoms with Crippen LogP contribution in [0, 0.1) is 0 Å². The van der Waals surface area contributed by atoms with Gasteiger partial charge in [0.15, 0.2) is 0 Å². The van der Waals surface area contributed by atoms with Gasteiger partial charge in [-0.15, -0.1) is 11.3 Å². The molecule has 2 aromatic rings. The van der Waals surface area contributed by atoms with E-state index in [0.717, 1.165) is 33.7 Å². The summed E-state index contributed by atoms with van der Waals surface area (Å²) in [4.78, 5) is 4.63. The molecule has 94 valence electrons. The first-order chi connectivity index (χ1) is 8.68. The molecule has 0 spiro atoms. The number of thiocarbonyl (C=S) groups is 1. The molecule has 0 amide bonds. The Balaban J connectivity index is 2.05. The standard InChI is InChI=1S/C12H12BrN3S2/c13-8-2-1-3-9(11(8)12(14)17)15-5-4-10-16-6-7-18-10/h1-3,6-7,15H,4-5H2,(H2,14,17). The van der Waals surface area contributed by atoms with Crippen molar-refractivity contribution in [3.8, 4) is 0 Å². The maximum Gasteiger partial charge on any atom is 0.107 e. The van der Waals surface area contributed by atoms with Crippen LogP contribution in [0.1, 0.15) is 10.6 Å². The molecular weight excluding hydrogens is 330 g/mol. The van der Waals surface area contributed by atoms with Crippen LogP contribution in [0.2, 0.25) is 0 Å². The zero-order chi connectivity index (χ0) is 13.0. The van der Waals surface area contributed by atoms with Gasteiger partial charge in [-0.2, -0.15) is 0 Å². The number of aromatic nitrogens is 1. The lowest BCUT2D eigenvalue weighted by atomic mass is 10.1. The second-order valence-electron chi connectivity index (χ2n) is 3.63. The highest BCUT2D eigenvalue weighted by molar-refractivity contribution is 9.10. The fourth-order valence-electron chi connectivity index (χ4n) is 1.60. The molecule has 0 saturated carbocycles. The number of benzene rings is 1. The molecule has 0 bridgehead atoms. The maximum absolute atomic E-state index is 5.73. The van der Waals surface area contributed by atoms with Crippen molar-refractivity contribution >= 4 is 50.2 Å². The lowest BCUT2D eigenvalue weighted by Crippen LogP contribution is -2.15. The van der Waals surface area contributed by atoms with E-state index >= 15 is 0 Å². The molecule has 0 fully saturated rings. The lowest BCUT2D eigenvalue weighted by Gasteiger charge is -2.12. The molecule has 3 nitrogen and oxygen atoms in total. The largest absolute Gasteiger partial charge is 0.389 e. The average Bonchev–Trinajstić information content (AvgIpc) is 2.81. The summed E-state index contributed by atoms with van der Waals surface area (Å²) in [7, 11) is 0. The quantitative estimate of drug-likeness (QED) is 0.820. The third-order valence-electron chi connectivity index (χ3n) is 2.40. The monoisotopic (exact) mass is 341 g/mol. The predicted molar refractivity (Wildman–Crippen MR) is 84.3 cm³/mol. The van der Waals surface area contributed by atoms with Gasteiger partial charge in [-0.1, -0.05) is 18.3 Å². The molecule has 0 saturated heterocycles. The van der Waals surface area contributed by atoms with Gasteiger partial charge in [0, 0.05) is 40.3 Å². The number of rotatable bonds is 5. The zero-order valence-electron chi connectivity index (χ0n) is 9.52.